The van der Waals surface area contributed by atoms with Crippen LogP contribution in [0, 0.1) is 0 Å². The van der Waals surface area contributed by atoms with Crippen molar-refractivity contribution < 1.29 is 13.0 Å². The molecule has 6 nitrogen and oxygen atoms in total. The van der Waals surface area contributed by atoms with Gasteiger partial charge >= 0.3 is 0 Å². The van der Waals surface area contributed by atoms with E-state index in [4.69, 9.17) is 0 Å². The van der Waals surface area contributed by atoms with Crippen LogP contribution in [0.4, 0.5) is 5.69 Å². The molecule has 1 aliphatic heterocycles. The van der Waals surface area contributed by atoms with Gasteiger partial charge in [0.05, 0.1) is 10.6 Å². The van der Waals surface area contributed by atoms with Crippen LogP contribution in [0.25, 0.3) is 0 Å². The third-order valence-electron chi connectivity index (χ3n) is 2.99. The second kappa shape index (κ2) is 6.12. The fourth-order valence-electron chi connectivity index (χ4n) is 1.94. The summed E-state index contributed by atoms with van der Waals surface area (Å²) in [7, 11) is -4.39. The Balaban J connectivity index is 2.02. The molecule has 0 amide bonds. The molecule has 0 spiro atoms. The highest BCUT2D eigenvalue weighted by Gasteiger charge is 2.06. The molecule has 104 valence electrons. The Kier molecular flexibility index (Phi) is 4.49. The summed E-state index contributed by atoms with van der Waals surface area (Å²) in [5.41, 5.74) is 0.539. The third-order valence-corrected chi connectivity index (χ3v) is 3.84. The van der Waals surface area contributed by atoms with E-state index in [9.17, 15) is 13.0 Å². The number of hydrogen-bond acceptors (Lipinski definition) is 5. The molecule has 0 N–H and O–H groups in total. The first-order valence-corrected chi connectivity index (χ1v) is 7.69. The largest absolute Gasteiger partial charge is 0.744 e. The van der Waals surface area contributed by atoms with E-state index in [1.807, 2.05) is 5.01 Å². The van der Waals surface area contributed by atoms with Crippen molar-refractivity contribution >= 4 is 15.8 Å². The highest BCUT2D eigenvalue weighted by Crippen LogP contribution is 2.18. The highest BCUT2D eigenvalue weighted by molar-refractivity contribution is 7.85. The molecular weight excluding hydrogens is 266 g/mol. The number of rotatable bonds is 3. The van der Waals surface area contributed by atoms with Gasteiger partial charge in [0, 0.05) is 13.1 Å². The maximum absolute atomic E-state index is 10.8. The Morgan fingerprint density at radius 1 is 1.00 bits per heavy atom. The van der Waals surface area contributed by atoms with E-state index in [-0.39, 0.29) is 4.90 Å². The molecule has 1 aromatic carbocycles. The summed E-state index contributed by atoms with van der Waals surface area (Å²) in [6, 6.07) is 5.45. The lowest BCUT2D eigenvalue weighted by Crippen LogP contribution is -2.17. The van der Waals surface area contributed by atoms with Gasteiger partial charge in [0.2, 0.25) is 0 Å². The Morgan fingerprint density at radius 2 is 1.58 bits per heavy atom. The number of benzene rings is 1. The molecular formula is C12H16N3O3S-. The Morgan fingerprint density at radius 3 is 2.11 bits per heavy atom. The first-order valence-electron chi connectivity index (χ1n) is 6.28. The van der Waals surface area contributed by atoms with Crippen LogP contribution in [0.1, 0.15) is 25.7 Å². The zero-order chi connectivity index (χ0) is 13.7. The smallest absolute Gasteiger partial charge is 0.124 e. The van der Waals surface area contributed by atoms with Gasteiger partial charge in [-0.15, -0.1) is 5.11 Å². The second-order valence-corrected chi connectivity index (χ2v) is 5.88. The maximum Gasteiger partial charge on any atom is 0.124 e. The van der Waals surface area contributed by atoms with Crippen molar-refractivity contribution in [1.29, 1.82) is 0 Å². The normalized spacial score (nSPS) is 17.6. The molecule has 0 radical (unpaired) electrons. The zero-order valence-corrected chi connectivity index (χ0v) is 11.3. The average Bonchev–Trinajstić information content (AvgIpc) is 2.64. The molecule has 0 unspecified atom stereocenters. The second-order valence-electron chi connectivity index (χ2n) is 4.51. The first-order chi connectivity index (χ1) is 9.05. The SMILES string of the molecule is O=S(=O)([O-])c1ccc(N=NN2CCCCCC2)cc1. The van der Waals surface area contributed by atoms with E-state index in [2.05, 4.69) is 10.3 Å². The highest BCUT2D eigenvalue weighted by atomic mass is 32.2. The Bertz CT molecular complexity index is 532. The summed E-state index contributed by atoms with van der Waals surface area (Å²) < 4.78 is 32.3. The van der Waals surface area contributed by atoms with Gasteiger partial charge in [-0.25, -0.2) is 8.42 Å². The van der Waals surface area contributed by atoms with Gasteiger partial charge < -0.3 is 4.55 Å². The Labute approximate surface area is 112 Å². The van der Waals surface area contributed by atoms with E-state index in [0.717, 1.165) is 25.9 Å². The maximum atomic E-state index is 10.8. The molecule has 0 aliphatic carbocycles. The lowest BCUT2D eigenvalue weighted by Gasteiger charge is -2.13. The molecule has 0 saturated carbocycles. The van der Waals surface area contributed by atoms with Gasteiger partial charge in [0.15, 0.2) is 0 Å². The average molecular weight is 282 g/mol. The molecule has 19 heavy (non-hydrogen) atoms. The van der Waals surface area contributed by atoms with Gasteiger partial charge in [-0.2, -0.15) is 0 Å². The molecule has 0 aromatic heterocycles. The van der Waals surface area contributed by atoms with E-state index in [1.54, 1.807) is 0 Å². The number of nitrogens with zero attached hydrogens (tertiary/aromatic N) is 3. The van der Waals surface area contributed by atoms with Gasteiger partial charge in [-0.3, -0.25) is 5.01 Å². The predicted octanol–water partition coefficient (Wildman–Crippen LogP) is 2.47. The monoisotopic (exact) mass is 282 g/mol. The van der Waals surface area contributed by atoms with Crippen LogP contribution in [-0.2, 0) is 10.1 Å². The molecule has 1 aromatic rings. The standard InChI is InChI=1S/C12H17N3O3S/c16-19(17,18)12-7-5-11(6-8-12)13-14-15-9-3-1-2-4-10-15/h5-8H,1-4,9-10H2,(H,16,17,18)/p-1. The molecule has 1 heterocycles. The first kappa shape index (κ1) is 14.0. The van der Waals surface area contributed by atoms with Crippen molar-refractivity contribution in [3.63, 3.8) is 0 Å². The lowest BCUT2D eigenvalue weighted by molar-refractivity contribution is 0.281. The molecule has 1 saturated heterocycles. The van der Waals surface area contributed by atoms with Gasteiger partial charge in [0.25, 0.3) is 0 Å². The summed E-state index contributed by atoms with van der Waals surface area (Å²) in [6.07, 6.45) is 4.68. The van der Waals surface area contributed by atoms with E-state index in [1.165, 1.54) is 37.1 Å². The molecule has 1 fully saturated rings. The fraction of sp³-hybridized carbons (Fsp3) is 0.500. The molecule has 7 heteroatoms. The van der Waals surface area contributed by atoms with Crippen LogP contribution < -0.4 is 0 Å². The molecule has 0 bridgehead atoms. The van der Waals surface area contributed by atoms with Crippen molar-refractivity contribution in [3.05, 3.63) is 24.3 Å². The zero-order valence-electron chi connectivity index (χ0n) is 10.5. The topological polar surface area (TPSA) is 85.2 Å². The number of hydrogen-bond donors (Lipinski definition) is 0. The van der Waals surface area contributed by atoms with Crippen LogP contribution in [-0.4, -0.2) is 31.1 Å². The van der Waals surface area contributed by atoms with E-state index in [0.29, 0.717) is 5.69 Å². The van der Waals surface area contributed by atoms with E-state index >= 15 is 0 Å². The Hall–Kier alpha value is -1.47. The van der Waals surface area contributed by atoms with Crippen LogP contribution in [0.5, 0.6) is 0 Å². The van der Waals surface area contributed by atoms with Crippen LogP contribution in [0.15, 0.2) is 39.5 Å². The summed E-state index contributed by atoms with van der Waals surface area (Å²) >= 11 is 0. The van der Waals surface area contributed by atoms with Gasteiger partial charge in [0.1, 0.15) is 10.1 Å². The van der Waals surface area contributed by atoms with Crippen molar-refractivity contribution in [3.8, 4) is 0 Å². The van der Waals surface area contributed by atoms with Crippen molar-refractivity contribution in [2.75, 3.05) is 13.1 Å². The molecule has 2 rings (SSSR count). The quantitative estimate of drug-likeness (QED) is 0.629. The molecule has 1 aliphatic rings. The van der Waals surface area contributed by atoms with Gasteiger partial charge in [-0.05, 0) is 37.1 Å². The minimum Gasteiger partial charge on any atom is -0.744 e. The lowest BCUT2D eigenvalue weighted by atomic mass is 10.2. The van der Waals surface area contributed by atoms with Gasteiger partial charge in [-0.1, -0.05) is 18.1 Å². The van der Waals surface area contributed by atoms with Crippen molar-refractivity contribution in [2.45, 2.75) is 30.6 Å². The van der Waals surface area contributed by atoms with Crippen molar-refractivity contribution in [2.24, 2.45) is 10.3 Å². The summed E-state index contributed by atoms with van der Waals surface area (Å²) in [4.78, 5) is -0.249. The summed E-state index contributed by atoms with van der Waals surface area (Å²) in [5, 5.41) is 10.1. The fourth-order valence-corrected chi connectivity index (χ4v) is 2.41. The van der Waals surface area contributed by atoms with Crippen LogP contribution >= 0.6 is 0 Å². The van der Waals surface area contributed by atoms with Crippen molar-refractivity contribution in [1.82, 2.24) is 5.01 Å². The minimum absolute atomic E-state index is 0.249. The van der Waals surface area contributed by atoms with Crippen LogP contribution in [0.2, 0.25) is 0 Å². The van der Waals surface area contributed by atoms with Crippen LogP contribution in [0.3, 0.4) is 0 Å². The predicted molar refractivity (Wildman–Crippen MR) is 69.0 cm³/mol. The summed E-state index contributed by atoms with van der Waals surface area (Å²) in [6.45, 7) is 1.80. The third kappa shape index (κ3) is 4.29. The van der Waals surface area contributed by atoms with E-state index < -0.39 is 10.1 Å². The summed E-state index contributed by atoms with van der Waals surface area (Å²) in [5.74, 6) is 0. The minimum atomic E-state index is -4.39. The molecule has 0 atom stereocenters.